The highest BCUT2D eigenvalue weighted by Crippen LogP contribution is 1.97. The predicted octanol–water partition coefficient (Wildman–Crippen LogP) is 0.758. The monoisotopic (exact) mass is 225 g/mol. The van der Waals surface area contributed by atoms with Crippen LogP contribution in [0.5, 0.6) is 0 Å². The molecule has 5 heteroatoms. The zero-order valence-electron chi connectivity index (χ0n) is 8.09. The van der Waals surface area contributed by atoms with Gasteiger partial charge in [0.1, 0.15) is 9.84 Å². The Kier molecular flexibility index (Phi) is 5.60. The third kappa shape index (κ3) is 8.28. The van der Waals surface area contributed by atoms with Crippen molar-refractivity contribution in [1.29, 1.82) is 0 Å². The first-order chi connectivity index (χ1) is 5.85. The van der Waals surface area contributed by atoms with Gasteiger partial charge in [0, 0.05) is 25.2 Å². The molecule has 0 saturated carbocycles. The van der Waals surface area contributed by atoms with Crippen molar-refractivity contribution in [3.05, 3.63) is 12.2 Å². The fraction of sp³-hybridized carbons (Fsp3) is 0.750. The molecule has 0 aromatic rings. The summed E-state index contributed by atoms with van der Waals surface area (Å²) in [6, 6.07) is 0. The van der Waals surface area contributed by atoms with Gasteiger partial charge >= 0.3 is 0 Å². The summed E-state index contributed by atoms with van der Waals surface area (Å²) in [5.74, 6) is 0.599. The van der Waals surface area contributed by atoms with E-state index in [0.29, 0.717) is 19.0 Å². The van der Waals surface area contributed by atoms with Crippen LogP contribution in [0.3, 0.4) is 0 Å². The number of hydrogen-bond donors (Lipinski definition) is 0. The lowest BCUT2D eigenvalue weighted by Crippen LogP contribution is -2.27. The van der Waals surface area contributed by atoms with Gasteiger partial charge in [-0.1, -0.05) is 6.58 Å². The van der Waals surface area contributed by atoms with Gasteiger partial charge in [0.25, 0.3) is 0 Å². The van der Waals surface area contributed by atoms with Gasteiger partial charge in [-0.25, -0.2) is 8.42 Å². The maximum atomic E-state index is 10.8. The fourth-order valence-corrected chi connectivity index (χ4v) is 1.55. The summed E-state index contributed by atoms with van der Waals surface area (Å²) in [7, 11) is -1.02. The van der Waals surface area contributed by atoms with Crippen LogP contribution in [0.1, 0.15) is 0 Å². The first kappa shape index (κ1) is 12.9. The molecule has 0 heterocycles. The minimum Gasteiger partial charge on any atom is -0.301 e. The van der Waals surface area contributed by atoms with E-state index in [9.17, 15) is 8.42 Å². The van der Waals surface area contributed by atoms with Crippen LogP contribution in [0.15, 0.2) is 12.2 Å². The van der Waals surface area contributed by atoms with Crippen LogP contribution < -0.4 is 0 Å². The molecule has 0 radical (unpaired) electrons. The van der Waals surface area contributed by atoms with Crippen LogP contribution in [0, 0.1) is 0 Å². The molecule has 0 fully saturated rings. The van der Waals surface area contributed by atoms with E-state index in [1.807, 2.05) is 11.9 Å². The average Bonchev–Trinajstić information content (AvgIpc) is 1.99. The lowest BCUT2D eigenvalue weighted by Gasteiger charge is -2.16. The number of hydrogen-bond acceptors (Lipinski definition) is 3. The molecule has 0 aliphatic heterocycles. The third-order valence-electron chi connectivity index (χ3n) is 1.53. The number of sulfone groups is 1. The van der Waals surface area contributed by atoms with Gasteiger partial charge in [-0.05, 0) is 12.6 Å². The Bertz CT molecular complexity index is 261. The summed E-state index contributed by atoms with van der Waals surface area (Å²) >= 11 is 5.54. The topological polar surface area (TPSA) is 37.4 Å². The normalized spacial score (nSPS) is 12.0. The van der Waals surface area contributed by atoms with Crippen molar-refractivity contribution >= 4 is 21.4 Å². The third-order valence-corrected chi connectivity index (χ3v) is 2.83. The zero-order valence-corrected chi connectivity index (χ0v) is 9.66. The lowest BCUT2D eigenvalue weighted by atomic mass is 10.3. The van der Waals surface area contributed by atoms with Crippen molar-refractivity contribution in [3.63, 3.8) is 0 Å². The van der Waals surface area contributed by atoms with Crippen LogP contribution in [0.2, 0.25) is 0 Å². The van der Waals surface area contributed by atoms with Gasteiger partial charge in [-0.3, -0.25) is 0 Å². The standard InChI is InChI=1S/C8H16ClNO2S/c1-8(6-9)7-10(2)4-5-13(3,11)12/h1,4-7H2,2-3H3. The van der Waals surface area contributed by atoms with Crippen molar-refractivity contribution in [1.82, 2.24) is 4.90 Å². The first-order valence-electron chi connectivity index (χ1n) is 3.94. The quantitative estimate of drug-likeness (QED) is 0.495. The molecule has 0 spiro atoms. The van der Waals surface area contributed by atoms with E-state index in [0.717, 1.165) is 5.57 Å². The highest BCUT2D eigenvalue weighted by molar-refractivity contribution is 7.90. The van der Waals surface area contributed by atoms with E-state index in [1.54, 1.807) is 0 Å². The Morgan fingerprint density at radius 2 is 2.08 bits per heavy atom. The zero-order chi connectivity index (χ0) is 10.5. The minimum atomic E-state index is -2.87. The lowest BCUT2D eigenvalue weighted by molar-refractivity contribution is 0.384. The molecule has 0 amide bonds. The van der Waals surface area contributed by atoms with Crippen LogP contribution in [-0.4, -0.2) is 51.3 Å². The van der Waals surface area contributed by atoms with Crippen LogP contribution >= 0.6 is 11.6 Å². The van der Waals surface area contributed by atoms with E-state index < -0.39 is 9.84 Å². The summed E-state index contributed by atoms with van der Waals surface area (Å²) in [4.78, 5) is 1.89. The first-order valence-corrected chi connectivity index (χ1v) is 6.53. The maximum Gasteiger partial charge on any atom is 0.148 e. The van der Waals surface area contributed by atoms with Gasteiger partial charge in [0.15, 0.2) is 0 Å². The fourth-order valence-electron chi connectivity index (χ4n) is 0.825. The molecule has 0 atom stereocenters. The maximum absolute atomic E-state index is 10.8. The van der Waals surface area contributed by atoms with Crippen molar-refractivity contribution in [2.45, 2.75) is 0 Å². The molecule has 0 N–H and O–H groups in total. The summed E-state index contributed by atoms with van der Waals surface area (Å²) < 4.78 is 21.6. The number of alkyl halides is 1. The Labute approximate surface area is 85.3 Å². The number of nitrogens with zero attached hydrogens (tertiary/aromatic N) is 1. The Balaban J connectivity index is 3.76. The summed E-state index contributed by atoms with van der Waals surface area (Å²) in [5, 5.41) is 0. The molecule has 78 valence electrons. The molecule has 0 saturated heterocycles. The average molecular weight is 226 g/mol. The molecule has 0 aromatic heterocycles. The molecular weight excluding hydrogens is 210 g/mol. The second-order valence-corrected chi connectivity index (χ2v) is 5.78. The molecule has 0 unspecified atom stereocenters. The smallest absolute Gasteiger partial charge is 0.148 e. The molecule has 3 nitrogen and oxygen atoms in total. The van der Waals surface area contributed by atoms with E-state index in [2.05, 4.69) is 6.58 Å². The van der Waals surface area contributed by atoms with Crippen LogP contribution in [-0.2, 0) is 9.84 Å². The summed E-state index contributed by atoms with van der Waals surface area (Å²) in [5.41, 5.74) is 0.901. The largest absolute Gasteiger partial charge is 0.301 e. The molecule has 0 rings (SSSR count). The Morgan fingerprint density at radius 3 is 2.46 bits per heavy atom. The van der Waals surface area contributed by atoms with Gasteiger partial charge in [-0.2, -0.15) is 0 Å². The SMILES string of the molecule is C=C(CCl)CN(C)CCS(C)(=O)=O. The predicted molar refractivity (Wildman–Crippen MR) is 57.1 cm³/mol. The van der Waals surface area contributed by atoms with Gasteiger partial charge in [-0.15, -0.1) is 11.6 Å². The van der Waals surface area contributed by atoms with E-state index in [1.165, 1.54) is 6.26 Å². The van der Waals surface area contributed by atoms with Gasteiger partial charge < -0.3 is 4.90 Å². The van der Waals surface area contributed by atoms with Crippen LogP contribution in [0.4, 0.5) is 0 Å². The van der Waals surface area contributed by atoms with Crippen molar-refractivity contribution in [2.24, 2.45) is 0 Å². The van der Waals surface area contributed by atoms with E-state index >= 15 is 0 Å². The molecular formula is C8H16ClNO2S. The molecule has 0 aromatic carbocycles. The van der Waals surface area contributed by atoms with Crippen molar-refractivity contribution in [3.8, 4) is 0 Å². The summed E-state index contributed by atoms with van der Waals surface area (Å²) in [6.45, 7) is 4.91. The minimum absolute atomic E-state index is 0.180. The second-order valence-electron chi connectivity index (χ2n) is 3.25. The van der Waals surface area contributed by atoms with Crippen molar-refractivity contribution in [2.75, 3.05) is 38.0 Å². The summed E-state index contributed by atoms with van der Waals surface area (Å²) in [6.07, 6.45) is 1.23. The van der Waals surface area contributed by atoms with Crippen molar-refractivity contribution < 1.29 is 8.42 Å². The number of likely N-dealkylation sites (N-methyl/N-ethyl adjacent to an activating group) is 1. The van der Waals surface area contributed by atoms with E-state index in [-0.39, 0.29) is 5.75 Å². The van der Waals surface area contributed by atoms with Gasteiger partial charge in [0.2, 0.25) is 0 Å². The number of rotatable bonds is 6. The Morgan fingerprint density at radius 1 is 1.54 bits per heavy atom. The number of halogens is 1. The van der Waals surface area contributed by atoms with E-state index in [4.69, 9.17) is 11.6 Å². The molecule has 0 aliphatic rings. The second kappa shape index (κ2) is 5.62. The Hall–Kier alpha value is -0.0600. The molecule has 0 aliphatic carbocycles. The van der Waals surface area contributed by atoms with Crippen LogP contribution in [0.25, 0.3) is 0 Å². The highest BCUT2D eigenvalue weighted by atomic mass is 35.5. The highest BCUT2D eigenvalue weighted by Gasteiger charge is 2.05. The molecule has 0 bridgehead atoms. The molecule has 13 heavy (non-hydrogen) atoms. The van der Waals surface area contributed by atoms with Gasteiger partial charge in [0.05, 0.1) is 5.75 Å².